The number of sulfonamides is 1. The maximum absolute atomic E-state index is 12.8. The number of fused-ring (bicyclic) bond motifs is 1. The van der Waals surface area contributed by atoms with Gasteiger partial charge in [0.1, 0.15) is 13.2 Å². The van der Waals surface area contributed by atoms with Gasteiger partial charge in [-0.3, -0.25) is 0 Å². The molecule has 3 rings (SSSR count). The molecule has 0 fully saturated rings. The summed E-state index contributed by atoms with van der Waals surface area (Å²) in [5.74, 6) is 0.970. The van der Waals surface area contributed by atoms with Crippen LogP contribution >= 0.6 is 23.2 Å². The van der Waals surface area contributed by atoms with E-state index in [-0.39, 0.29) is 11.4 Å². The smallest absolute Gasteiger partial charge is 0.243 e. The van der Waals surface area contributed by atoms with Crippen LogP contribution in [0.1, 0.15) is 5.56 Å². The van der Waals surface area contributed by atoms with Gasteiger partial charge in [-0.1, -0.05) is 35.3 Å². The molecule has 1 heterocycles. The molecule has 8 heteroatoms. The van der Waals surface area contributed by atoms with Gasteiger partial charge in [-0.2, -0.15) is 4.31 Å². The lowest BCUT2D eigenvalue weighted by Crippen LogP contribution is -2.27. The normalized spacial score (nSPS) is 14.0. The van der Waals surface area contributed by atoms with Crippen LogP contribution in [0.3, 0.4) is 0 Å². The van der Waals surface area contributed by atoms with Gasteiger partial charge >= 0.3 is 0 Å². The number of rotatable bonds is 4. The SMILES string of the molecule is CN(Cc1cccc(Cl)c1Cl)S(=O)(=O)c1ccc2c(c1)OCCO2. The number of nitrogens with zero attached hydrogens (tertiary/aromatic N) is 1. The van der Waals surface area contributed by atoms with Gasteiger partial charge in [0.05, 0.1) is 14.9 Å². The summed E-state index contributed by atoms with van der Waals surface area (Å²) >= 11 is 12.1. The van der Waals surface area contributed by atoms with E-state index in [1.807, 2.05) is 0 Å². The van der Waals surface area contributed by atoms with Gasteiger partial charge in [0.15, 0.2) is 11.5 Å². The fraction of sp³-hybridized carbons (Fsp3) is 0.250. The molecule has 0 bridgehead atoms. The minimum Gasteiger partial charge on any atom is -0.486 e. The maximum Gasteiger partial charge on any atom is 0.243 e. The summed E-state index contributed by atoms with van der Waals surface area (Å²) in [6.07, 6.45) is 0. The standard InChI is InChI=1S/C16H15Cl2NO4S/c1-19(10-11-3-2-4-13(17)16(11)18)24(20,21)12-5-6-14-15(9-12)23-8-7-22-14/h2-6,9H,7-8,10H2,1H3. The van der Waals surface area contributed by atoms with E-state index in [1.54, 1.807) is 24.3 Å². The molecule has 0 unspecified atom stereocenters. The van der Waals surface area contributed by atoms with Gasteiger partial charge < -0.3 is 9.47 Å². The summed E-state index contributed by atoms with van der Waals surface area (Å²) in [6.45, 7) is 0.951. The lowest BCUT2D eigenvalue weighted by Gasteiger charge is -2.21. The number of hydrogen-bond donors (Lipinski definition) is 0. The molecule has 5 nitrogen and oxygen atoms in total. The summed E-state index contributed by atoms with van der Waals surface area (Å²) < 4.78 is 37.6. The van der Waals surface area contributed by atoms with Crippen molar-refractivity contribution in [3.8, 4) is 11.5 Å². The lowest BCUT2D eigenvalue weighted by molar-refractivity contribution is 0.171. The van der Waals surface area contributed by atoms with Crippen LogP contribution in [0, 0.1) is 0 Å². The van der Waals surface area contributed by atoms with E-state index in [9.17, 15) is 8.42 Å². The Labute approximate surface area is 150 Å². The third-order valence-corrected chi connectivity index (χ3v) is 6.30. The highest BCUT2D eigenvalue weighted by Gasteiger charge is 2.24. The third-order valence-electron chi connectivity index (χ3n) is 3.65. The first kappa shape index (κ1) is 17.4. The zero-order valence-electron chi connectivity index (χ0n) is 12.8. The van der Waals surface area contributed by atoms with E-state index in [1.165, 1.54) is 23.5 Å². The molecule has 0 atom stereocenters. The Morgan fingerprint density at radius 2 is 1.79 bits per heavy atom. The first-order chi connectivity index (χ1) is 11.4. The zero-order valence-corrected chi connectivity index (χ0v) is 15.2. The molecule has 0 saturated heterocycles. The van der Waals surface area contributed by atoms with Gasteiger partial charge in [0, 0.05) is 19.7 Å². The molecule has 1 aliphatic rings. The van der Waals surface area contributed by atoms with Gasteiger partial charge in [0.2, 0.25) is 10.0 Å². The van der Waals surface area contributed by atoms with Crippen LogP contribution in [-0.2, 0) is 16.6 Å². The van der Waals surface area contributed by atoms with E-state index in [0.29, 0.717) is 40.3 Å². The van der Waals surface area contributed by atoms with Crippen molar-refractivity contribution in [2.24, 2.45) is 0 Å². The lowest BCUT2D eigenvalue weighted by atomic mass is 10.2. The quantitative estimate of drug-likeness (QED) is 0.804. The average molecular weight is 388 g/mol. The second kappa shape index (κ2) is 6.80. The van der Waals surface area contributed by atoms with Crippen molar-refractivity contribution in [3.05, 3.63) is 52.0 Å². The first-order valence-corrected chi connectivity index (χ1v) is 9.38. The molecule has 0 radical (unpaired) electrons. The largest absolute Gasteiger partial charge is 0.486 e. The van der Waals surface area contributed by atoms with E-state index >= 15 is 0 Å². The molecule has 2 aromatic rings. The van der Waals surface area contributed by atoms with Crippen LogP contribution in [0.4, 0.5) is 0 Å². The van der Waals surface area contributed by atoms with Crippen LogP contribution < -0.4 is 9.47 Å². The van der Waals surface area contributed by atoms with E-state index in [0.717, 1.165) is 0 Å². The minimum absolute atomic E-state index is 0.107. The van der Waals surface area contributed by atoms with Crippen molar-refractivity contribution in [1.82, 2.24) is 4.31 Å². The summed E-state index contributed by atoms with van der Waals surface area (Å²) in [5, 5.41) is 0.739. The highest BCUT2D eigenvalue weighted by Crippen LogP contribution is 2.33. The fourth-order valence-electron chi connectivity index (χ4n) is 2.36. The number of benzene rings is 2. The van der Waals surface area contributed by atoms with Crippen LogP contribution in [0.2, 0.25) is 10.0 Å². The van der Waals surface area contributed by atoms with Crippen molar-refractivity contribution >= 4 is 33.2 Å². The number of ether oxygens (including phenoxy) is 2. The molecular formula is C16H15Cl2NO4S. The Balaban J connectivity index is 1.88. The summed E-state index contributed by atoms with van der Waals surface area (Å²) in [7, 11) is -2.21. The second-order valence-electron chi connectivity index (χ2n) is 5.28. The summed E-state index contributed by atoms with van der Waals surface area (Å²) in [5.41, 5.74) is 0.632. The van der Waals surface area contributed by atoms with Gasteiger partial charge in [0.25, 0.3) is 0 Å². The van der Waals surface area contributed by atoms with Crippen molar-refractivity contribution < 1.29 is 17.9 Å². The van der Waals surface area contributed by atoms with E-state index in [4.69, 9.17) is 32.7 Å². The zero-order chi connectivity index (χ0) is 17.3. The Morgan fingerprint density at radius 3 is 2.54 bits per heavy atom. The molecule has 128 valence electrons. The van der Waals surface area contributed by atoms with Crippen molar-refractivity contribution in [2.45, 2.75) is 11.4 Å². The van der Waals surface area contributed by atoms with Crippen molar-refractivity contribution in [3.63, 3.8) is 0 Å². The molecule has 0 spiro atoms. The number of halogens is 2. The predicted molar refractivity (Wildman–Crippen MR) is 92.5 cm³/mol. The van der Waals surface area contributed by atoms with Gasteiger partial charge in [-0.15, -0.1) is 0 Å². The summed E-state index contributed by atoms with van der Waals surface area (Å²) in [4.78, 5) is 0.132. The van der Waals surface area contributed by atoms with Gasteiger partial charge in [-0.05, 0) is 23.8 Å². The topological polar surface area (TPSA) is 55.8 Å². The Morgan fingerprint density at radius 1 is 1.08 bits per heavy atom. The van der Waals surface area contributed by atoms with Gasteiger partial charge in [-0.25, -0.2) is 8.42 Å². The first-order valence-electron chi connectivity index (χ1n) is 7.18. The summed E-state index contributed by atoms with van der Waals surface area (Å²) in [6, 6.07) is 9.70. The molecule has 24 heavy (non-hydrogen) atoms. The fourth-order valence-corrected chi connectivity index (χ4v) is 3.90. The highest BCUT2D eigenvalue weighted by molar-refractivity contribution is 7.89. The molecule has 0 saturated carbocycles. The van der Waals surface area contributed by atoms with Crippen LogP contribution in [-0.4, -0.2) is 33.0 Å². The molecule has 0 N–H and O–H groups in total. The third kappa shape index (κ3) is 3.32. The maximum atomic E-state index is 12.8. The predicted octanol–water partition coefficient (Wildman–Crippen LogP) is 3.59. The Kier molecular flexibility index (Phi) is 4.92. The number of hydrogen-bond acceptors (Lipinski definition) is 4. The molecular weight excluding hydrogens is 373 g/mol. The molecule has 1 aliphatic heterocycles. The molecule has 0 aromatic heterocycles. The minimum atomic E-state index is -3.70. The van der Waals surface area contributed by atoms with Crippen LogP contribution in [0.25, 0.3) is 0 Å². The Hall–Kier alpha value is -1.47. The van der Waals surface area contributed by atoms with Crippen molar-refractivity contribution in [1.29, 1.82) is 0 Å². The van der Waals surface area contributed by atoms with E-state index < -0.39 is 10.0 Å². The average Bonchev–Trinajstić information content (AvgIpc) is 2.58. The highest BCUT2D eigenvalue weighted by atomic mass is 35.5. The monoisotopic (exact) mass is 387 g/mol. The van der Waals surface area contributed by atoms with Crippen molar-refractivity contribution in [2.75, 3.05) is 20.3 Å². The van der Waals surface area contributed by atoms with E-state index in [2.05, 4.69) is 0 Å². The Bertz CT molecular complexity index is 870. The van der Waals surface area contributed by atoms with Crippen LogP contribution in [0.15, 0.2) is 41.3 Å². The molecule has 0 amide bonds. The molecule has 0 aliphatic carbocycles. The molecule has 2 aromatic carbocycles. The van der Waals surface area contributed by atoms with Crippen LogP contribution in [0.5, 0.6) is 11.5 Å². The second-order valence-corrected chi connectivity index (χ2v) is 8.11.